The standard InChI is InChI=1S/C23H27NO6/c1-15(2)23(17-6-9-19-20(13-17)29-11-10-28-19)24-21(25)14-30-22(26)12-16-4-7-18(27-3)8-5-16/h4-9,13,15,23H,10-12,14H2,1-3H3,(H,24,25)/t23-/m1/s1. The van der Waals surface area contributed by atoms with Crippen LogP contribution in [0.4, 0.5) is 0 Å². The molecule has 3 rings (SSSR count). The molecule has 1 aliphatic heterocycles. The Hall–Kier alpha value is -3.22. The fourth-order valence-corrected chi connectivity index (χ4v) is 3.21. The quantitative estimate of drug-likeness (QED) is 0.670. The molecule has 1 atom stereocenters. The van der Waals surface area contributed by atoms with Crippen LogP contribution in [0.15, 0.2) is 42.5 Å². The highest BCUT2D eigenvalue weighted by Gasteiger charge is 2.22. The predicted molar refractivity (Wildman–Crippen MR) is 111 cm³/mol. The normalized spacial score (nSPS) is 13.5. The van der Waals surface area contributed by atoms with Gasteiger partial charge in [0.15, 0.2) is 18.1 Å². The molecule has 0 aromatic heterocycles. The molecule has 7 nitrogen and oxygen atoms in total. The van der Waals surface area contributed by atoms with Crippen LogP contribution in [0.5, 0.6) is 17.2 Å². The highest BCUT2D eigenvalue weighted by atomic mass is 16.6. The maximum Gasteiger partial charge on any atom is 0.310 e. The van der Waals surface area contributed by atoms with Crippen molar-refractivity contribution in [3.8, 4) is 17.2 Å². The summed E-state index contributed by atoms with van der Waals surface area (Å²) in [5, 5.41) is 2.94. The van der Waals surface area contributed by atoms with Gasteiger partial charge in [-0.15, -0.1) is 0 Å². The van der Waals surface area contributed by atoms with Gasteiger partial charge in [0.1, 0.15) is 19.0 Å². The van der Waals surface area contributed by atoms with Crippen LogP contribution in [0.25, 0.3) is 0 Å². The first-order valence-corrected chi connectivity index (χ1v) is 9.93. The van der Waals surface area contributed by atoms with Gasteiger partial charge in [-0.2, -0.15) is 0 Å². The van der Waals surface area contributed by atoms with Crippen LogP contribution in [0, 0.1) is 5.92 Å². The minimum absolute atomic E-state index is 0.0903. The minimum atomic E-state index is -0.462. The fourth-order valence-electron chi connectivity index (χ4n) is 3.21. The number of esters is 1. The molecule has 7 heteroatoms. The van der Waals surface area contributed by atoms with E-state index in [-0.39, 0.29) is 30.9 Å². The molecule has 0 spiro atoms. The molecule has 160 valence electrons. The van der Waals surface area contributed by atoms with Crippen molar-refractivity contribution in [2.45, 2.75) is 26.3 Å². The number of ether oxygens (including phenoxy) is 4. The Morgan fingerprint density at radius 2 is 1.73 bits per heavy atom. The van der Waals surface area contributed by atoms with E-state index in [0.717, 1.165) is 11.1 Å². The van der Waals surface area contributed by atoms with Gasteiger partial charge in [-0.25, -0.2) is 0 Å². The van der Waals surface area contributed by atoms with Crippen LogP contribution in [0.3, 0.4) is 0 Å². The van der Waals surface area contributed by atoms with Gasteiger partial charge in [0, 0.05) is 0 Å². The first-order valence-electron chi connectivity index (χ1n) is 9.93. The van der Waals surface area contributed by atoms with E-state index in [1.54, 1.807) is 31.4 Å². The van der Waals surface area contributed by atoms with Gasteiger partial charge in [-0.3, -0.25) is 9.59 Å². The van der Waals surface area contributed by atoms with E-state index in [1.165, 1.54) is 0 Å². The van der Waals surface area contributed by atoms with Crippen molar-refractivity contribution in [1.82, 2.24) is 5.32 Å². The molecule has 1 amide bonds. The molecule has 0 bridgehead atoms. The number of hydrogen-bond acceptors (Lipinski definition) is 6. The SMILES string of the molecule is COc1ccc(CC(=O)OCC(=O)N[C@@H](c2ccc3c(c2)OCCO3)C(C)C)cc1. The van der Waals surface area contributed by atoms with E-state index in [4.69, 9.17) is 18.9 Å². The minimum Gasteiger partial charge on any atom is -0.497 e. The highest BCUT2D eigenvalue weighted by molar-refractivity contribution is 5.81. The summed E-state index contributed by atoms with van der Waals surface area (Å²) in [4.78, 5) is 24.5. The second-order valence-corrected chi connectivity index (χ2v) is 7.38. The third kappa shape index (κ3) is 5.65. The maximum atomic E-state index is 12.4. The lowest BCUT2D eigenvalue weighted by molar-refractivity contribution is -0.148. The van der Waals surface area contributed by atoms with Gasteiger partial charge in [0.25, 0.3) is 5.91 Å². The van der Waals surface area contributed by atoms with Gasteiger partial charge < -0.3 is 24.3 Å². The van der Waals surface area contributed by atoms with E-state index in [9.17, 15) is 9.59 Å². The third-order valence-electron chi connectivity index (χ3n) is 4.78. The molecule has 0 radical (unpaired) electrons. The summed E-state index contributed by atoms with van der Waals surface area (Å²) in [6.07, 6.45) is 0.0903. The summed E-state index contributed by atoms with van der Waals surface area (Å²) in [7, 11) is 1.58. The number of carbonyl (C=O) groups is 2. The van der Waals surface area contributed by atoms with Crippen LogP contribution in [-0.4, -0.2) is 38.8 Å². The third-order valence-corrected chi connectivity index (χ3v) is 4.78. The van der Waals surface area contributed by atoms with Gasteiger partial charge in [-0.05, 0) is 41.3 Å². The molecule has 0 unspecified atom stereocenters. The molecular formula is C23H27NO6. The van der Waals surface area contributed by atoms with E-state index < -0.39 is 5.97 Å². The first kappa shape index (κ1) is 21.5. The summed E-state index contributed by atoms with van der Waals surface area (Å²) < 4.78 is 21.4. The molecule has 1 N–H and O–H groups in total. The topological polar surface area (TPSA) is 83.1 Å². The van der Waals surface area contributed by atoms with Gasteiger partial charge >= 0.3 is 5.97 Å². The molecule has 0 saturated heterocycles. The molecule has 30 heavy (non-hydrogen) atoms. The molecule has 2 aromatic carbocycles. The van der Waals surface area contributed by atoms with Crippen molar-refractivity contribution in [3.05, 3.63) is 53.6 Å². The van der Waals surface area contributed by atoms with Crippen LogP contribution in [0.2, 0.25) is 0 Å². The second kappa shape index (κ2) is 10.0. The average Bonchev–Trinajstić information content (AvgIpc) is 2.76. The Morgan fingerprint density at radius 3 is 2.40 bits per heavy atom. The zero-order chi connectivity index (χ0) is 21.5. The molecule has 0 aliphatic carbocycles. The summed E-state index contributed by atoms with van der Waals surface area (Å²) in [6.45, 7) is 4.72. The largest absolute Gasteiger partial charge is 0.497 e. The number of hydrogen-bond donors (Lipinski definition) is 1. The van der Waals surface area contributed by atoms with Gasteiger partial charge in [0.2, 0.25) is 0 Å². The van der Waals surface area contributed by atoms with Crippen LogP contribution < -0.4 is 19.5 Å². The summed E-state index contributed by atoms with van der Waals surface area (Å²) >= 11 is 0. The fraction of sp³-hybridized carbons (Fsp3) is 0.391. The van der Waals surface area contributed by atoms with E-state index in [0.29, 0.717) is 30.5 Å². The number of carbonyl (C=O) groups excluding carboxylic acids is 2. The molecule has 1 aliphatic rings. The van der Waals surface area contributed by atoms with Crippen LogP contribution in [0.1, 0.15) is 31.0 Å². The maximum absolute atomic E-state index is 12.4. The number of amides is 1. The molecule has 2 aromatic rings. The molecule has 0 saturated carbocycles. The predicted octanol–water partition coefficient (Wildman–Crippen LogP) is 3.07. The van der Waals surface area contributed by atoms with Crippen molar-refractivity contribution < 1.29 is 28.5 Å². The lowest BCUT2D eigenvalue weighted by atomic mass is 9.95. The van der Waals surface area contributed by atoms with Crippen molar-refractivity contribution in [2.24, 2.45) is 5.92 Å². The van der Waals surface area contributed by atoms with Crippen LogP contribution in [-0.2, 0) is 20.7 Å². The number of rotatable bonds is 8. The zero-order valence-corrected chi connectivity index (χ0v) is 17.5. The van der Waals surface area contributed by atoms with Crippen LogP contribution >= 0.6 is 0 Å². The average molecular weight is 413 g/mol. The number of methoxy groups -OCH3 is 1. The number of benzene rings is 2. The Labute approximate surface area is 176 Å². The summed E-state index contributed by atoms with van der Waals surface area (Å²) in [5.41, 5.74) is 1.70. The Bertz CT molecular complexity index is 878. The van der Waals surface area contributed by atoms with Crippen molar-refractivity contribution >= 4 is 11.9 Å². The zero-order valence-electron chi connectivity index (χ0n) is 17.5. The number of nitrogens with one attached hydrogen (secondary N) is 1. The summed E-state index contributed by atoms with van der Waals surface area (Å²) in [6, 6.07) is 12.5. The lowest BCUT2D eigenvalue weighted by Crippen LogP contribution is -2.35. The smallest absolute Gasteiger partial charge is 0.310 e. The number of fused-ring (bicyclic) bond motifs is 1. The monoisotopic (exact) mass is 413 g/mol. The van der Waals surface area contributed by atoms with E-state index in [2.05, 4.69) is 5.32 Å². The highest BCUT2D eigenvalue weighted by Crippen LogP contribution is 2.34. The van der Waals surface area contributed by atoms with Gasteiger partial charge in [0.05, 0.1) is 19.6 Å². The second-order valence-electron chi connectivity index (χ2n) is 7.38. The first-order chi connectivity index (χ1) is 14.5. The van der Waals surface area contributed by atoms with Crippen molar-refractivity contribution in [2.75, 3.05) is 26.9 Å². The Morgan fingerprint density at radius 1 is 1.03 bits per heavy atom. The summed E-state index contributed by atoms with van der Waals surface area (Å²) in [5.74, 6) is 1.40. The Kier molecular flexibility index (Phi) is 7.17. The molecule has 0 fully saturated rings. The van der Waals surface area contributed by atoms with E-state index in [1.807, 2.05) is 32.0 Å². The van der Waals surface area contributed by atoms with Gasteiger partial charge in [-0.1, -0.05) is 32.0 Å². The lowest BCUT2D eigenvalue weighted by Gasteiger charge is -2.25. The Balaban J connectivity index is 1.54. The van der Waals surface area contributed by atoms with E-state index >= 15 is 0 Å². The van der Waals surface area contributed by atoms with Crippen molar-refractivity contribution in [3.63, 3.8) is 0 Å². The molecular weight excluding hydrogens is 386 g/mol. The molecule has 1 heterocycles. The van der Waals surface area contributed by atoms with Crippen molar-refractivity contribution in [1.29, 1.82) is 0 Å².